The Labute approximate surface area is 139 Å². The average Bonchev–Trinajstić information content (AvgIpc) is 3.27. The van der Waals surface area contributed by atoms with Crippen LogP contribution >= 0.6 is 11.3 Å². The van der Waals surface area contributed by atoms with Crippen LogP contribution in [0.1, 0.15) is 41.8 Å². The Kier molecular flexibility index (Phi) is 4.13. The topological polar surface area (TPSA) is 60.2 Å². The van der Waals surface area contributed by atoms with E-state index in [0.29, 0.717) is 19.6 Å². The van der Waals surface area contributed by atoms with Crippen molar-refractivity contribution in [2.24, 2.45) is 0 Å². The molecule has 0 saturated carbocycles. The van der Waals surface area contributed by atoms with Crippen LogP contribution in [0.5, 0.6) is 0 Å². The molecule has 0 N–H and O–H groups in total. The first-order valence-electron chi connectivity index (χ1n) is 8.11. The highest BCUT2D eigenvalue weighted by Gasteiger charge is 2.29. The van der Waals surface area contributed by atoms with Gasteiger partial charge in [-0.05, 0) is 29.9 Å². The molecule has 0 bridgehead atoms. The van der Waals surface area contributed by atoms with Gasteiger partial charge in [-0.3, -0.25) is 4.79 Å². The maximum absolute atomic E-state index is 12.7. The Balaban J connectivity index is 1.42. The molecule has 1 saturated heterocycles. The number of likely N-dealkylation sites (tertiary alicyclic amines) is 1. The largest absolute Gasteiger partial charge is 0.373 e. The lowest BCUT2D eigenvalue weighted by Gasteiger charge is -2.34. The summed E-state index contributed by atoms with van der Waals surface area (Å²) in [6.45, 7) is 2.26. The van der Waals surface area contributed by atoms with E-state index >= 15 is 0 Å². The second-order valence-corrected chi connectivity index (χ2v) is 7.12. The maximum atomic E-state index is 12.7. The van der Waals surface area contributed by atoms with Crippen LogP contribution < -0.4 is 0 Å². The number of aromatic nitrogens is 3. The molecule has 122 valence electrons. The third-order valence-corrected chi connectivity index (χ3v) is 5.69. The molecule has 1 amide bonds. The van der Waals surface area contributed by atoms with Crippen molar-refractivity contribution in [1.82, 2.24) is 19.7 Å². The van der Waals surface area contributed by atoms with Gasteiger partial charge in [-0.15, -0.1) is 11.3 Å². The summed E-state index contributed by atoms with van der Waals surface area (Å²) in [5.74, 6) is 0.180. The van der Waals surface area contributed by atoms with Crippen molar-refractivity contribution in [3.05, 3.63) is 34.5 Å². The number of fused-ring (bicyclic) bond motifs is 1. The van der Waals surface area contributed by atoms with E-state index in [9.17, 15) is 4.79 Å². The smallest absolute Gasteiger partial charge is 0.225 e. The number of thiophene rings is 1. The third-order valence-electron chi connectivity index (χ3n) is 4.69. The predicted octanol–water partition coefficient (Wildman–Crippen LogP) is 2.21. The highest BCUT2D eigenvalue weighted by atomic mass is 32.1. The predicted molar refractivity (Wildman–Crippen MR) is 86.2 cm³/mol. The molecule has 2 atom stereocenters. The van der Waals surface area contributed by atoms with Gasteiger partial charge in [0.05, 0.1) is 25.2 Å². The molecule has 2 aliphatic heterocycles. The summed E-state index contributed by atoms with van der Waals surface area (Å²) in [7, 11) is 0. The van der Waals surface area contributed by atoms with Crippen LogP contribution in [0.15, 0.2) is 24.1 Å². The first kappa shape index (κ1) is 14.8. The van der Waals surface area contributed by atoms with Crippen molar-refractivity contribution >= 4 is 17.2 Å². The monoisotopic (exact) mass is 332 g/mol. The molecule has 2 aliphatic rings. The van der Waals surface area contributed by atoms with Gasteiger partial charge in [0.25, 0.3) is 0 Å². The molecule has 0 aliphatic carbocycles. The van der Waals surface area contributed by atoms with Crippen molar-refractivity contribution in [3.8, 4) is 0 Å². The van der Waals surface area contributed by atoms with Gasteiger partial charge >= 0.3 is 0 Å². The molecule has 7 heteroatoms. The molecule has 0 spiro atoms. The molecule has 6 nitrogen and oxygen atoms in total. The van der Waals surface area contributed by atoms with E-state index in [1.807, 2.05) is 9.58 Å². The Morgan fingerprint density at radius 3 is 3.30 bits per heavy atom. The second kappa shape index (κ2) is 6.41. The normalized spacial score (nSPS) is 24.4. The van der Waals surface area contributed by atoms with E-state index in [1.54, 1.807) is 24.0 Å². The summed E-state index contributed by atoms with van der Waals surface area (Å²) >= 11 is 1.77. The third kappa shape index (κ3) is 3.03. The standard InChI is InChI=1S/C16H20N4O2S/c21-16(8-14-13-4-7-23-15(13)3-6-22-14)19-5-1-2-12(9-19)20-11-17-10-18-20/h4,7,10-12,14H,1-3,5-6,8-9H2. The first-order valence-corrected chi connectivity index (χ1v) is 8.99. The average molecular weight is 332 g/mol. The van der Waals surface area contributed by atoms with Gasteiger partial charge in [-0.2, -0.15) is 5.10 Å². The molecule has 2 unspecified atom stereocenters. The molecular weight excluding hydrogens is 312 g/mol. The molecule has 0 aromatic carbocycles. The highest BCUT2D eigenvalue weighted by Crippen LogP contribution is 2.34. The number of piperidine rings is 1. The van der Waals surface area contributed by atoms with Crippen LogP contribution in [-0.2, 0) is 16.0 Å². The molecule has 0 radical (unpaired) electrons. The van der Waals surface area contributed by atoms with Crippen molar-refractivity contribution < 1.29 is 9.53 Å². The fourth-order valence-electron chi connectivity index (χ4n) is 3.48. The number of carbonyl (C=O) groups excluding carboxylic acids is 1. The lowest BCUT2D eigenvalue weighted by atomic mass is 10.0. The number of ether oxygens (including phenoxy) is 1. The Morgan fingerprint density at radius 2 is 2.43 bits per heavy atom. The van der Waals surface area contributed by atoms with Crippen molar-refractivity contribution in [3.63, 3.8) is 0 Å². The summed E-state index contributed by atoms with van der Waals surface area (Å²) in [6, 6.07) is 2.34. The summed E-state index contributed by atoms with van der Waals surface area (Å²) < 4.78 is 7.72. The quantitative estimate of drug-likeness (QED) is 0.864. The van der Waals surface area contributed by atoms with Crippen LogP contribution in [-0.4, -0.2) is 45.3 Å². The number of nitrogens with zero attached hydrogens (tertiary/aromatic N) is 4. The van der Waals surface area contributed by atoms with Gasteiger partial charge in [0.15, 0.2) is 0 Å². The van der Waals surface area contributed by atoms with E-state index in [-0.39, 0.29) is 18.1 Å². The number of carbonyl (C=O) groups is 1. The van der Waals surface area contributed by atoms with Crippen molar-refractivity contribution in [1.29, 1.82) is 0 Å². The van der Waals surface area contributed by atoms with Gasteiger partial charge in [-0.25, -0.2) is 9.67 Å². The summed E-state index contributed by atoms with van der Waals surface area (Å²) in [6.07, 6.45) is 6.66. The van der Waals surface area contributed by atoms with Gasteiger partial charge in [-0.1, -0.05) is 0 Å². The SMILES string of the molecule is O=C(CC1OCCc2sccc21)N1CCCC(n2cncn2)C1. The van der Waals surface area contributed by atoms with E-state index < -0.39 is 0 Å². The minimum atomic E-state index is -0.0794. The summed E-state index contributed by atoms with van der Waals surface area (Å²) in [5.41, 5.74) is 1.21. The Bertz CT molecular complexity index is 669. The first-order chi connectivity index (χ1) is 11.3. The number of amides is 1. The van der Waals surface area contributed by atoms with Crippen molar-refractivity contribution in [2.45, 2.75) is 37.8 Å². The van der Waals surface area contributed by atoms with Gasteiger partial charge in [0, 0.05) is 24.4 Å². The molecule has 23 heavy (non-hydrogen) atoms. The van der Waals surface area contributed by atoms with E-state index in [0.717, 1.165) is 25.8 Å². The van der Waals surface area contributed by atoms with Crippen LogP contribution in [0, 0.1) is 0 Å². The second-order valence-electron chi connectivity index (χ2n) is 6.12. The number of hydrogen-bond donors (Lipinski definition) is 0. The van der Waals surface area contributed by atoms with E-state index in [2.05, 4.69) is 21.5 Å². The number of hydrogen-bond acceptors (Lipinski definition) is 5. The lowest BCUT2D eigenvalue weighted by molar-refractivity contribution is -0.136. The molecule has 4 heterocycles. The molecular formula is C16H20N4O2S. The molecule has 1 fully saturated rings. The minimum Gasteiger partial charge on any atom is -0.373 e. The number of rotatable bonds is 3. The summed E-state index contributed by atoms with van der Waals surface area (Å²) in [5, 5.41) is 6.31. The van der Waals surface area contributed by atoms with Crippen LogP contribution in [0.2, 0.25) is 0 Å². The van der Waals surface area contributed by atoms with Gasteiger partial charge in [0.1, 0.15) is 12.7 Å². The van der Waals surface area contributed by atoms with E-state index in [4.69, 9.17) is 4.74 Å². The summed E-state index contributed by atoms with van der Waals surface area (Å²) in [4.78, 5) is 20.1. The van der Waals surface area contributed by atoms with E-state index in [1.165, 1.54) is 10.4 Å². The zero-order valence-electron chi connectivity index (χ0n) is 12.9. The van der Waals surface area contributed by atoms with Crippen LogP contribution in [0.3, 0.4) is 0 Å². The Morgan fingerprint density at radius 1 is 1.48 bits per heavy atom. The fraction of sp³-hybridized carbons (Fsp3) is 0.562. The fourth-order valence-corrected chi connectivity index (χ4v) is 4.40. The minimum absolute atomic E-state index is 0.0794. The zero-order chi connectivity index (χ0) is 15.6. The van der Waals surface area contributed by atoms with Gasteiger partial charge < -0.3 is 9.64 Å². The maximum Gasteiger partial charge on any atom is 0.225 e. The highest BCUT2D eigenvalue weighted by molar-refractivity contribution is 7.10. The molecule has 2 aromatic rings. The van der Waals surface area contributed by atoms with Crippen LogP contribution in [0.25, 0.3) is 0 Å². The molecule has 2 aromatic heterocycles. The zero-order valence-corrected chi connectivity index (χ0v) is 13.7. The van der Waals surface area contributed by atoms with Crippen molar-refractivity contribution in [2.75, 3.05) is 19.7 Å². The lowest BCUT2D eigenvalue weighted by Crippen LogP contribution is -2.41. The van der Waals surface area contributed by atoms with Gasteiger partial charge in [0.2, 0.25) is 5.91 Å². The van der Waals surface area contributed by atoms with Crippen LogP contribution in [0.4, 0.5) is 0 Å². The molecule has 4 rings (SSSR count). The Hall–Kier alpha value is -1.73.